The molecule has 1 unspecified atom stereocenters. The largest absolute Gasteiger partial charge is 0.466 e. The minimum absolute atomic E-state index is 0.0297. The highest BCUT2D eigenvalue weighted by Gasteiger charge is 2.16. The SMILES string of the molecule is CCOC(=O)CCC(=O)NC(=S)Nc1ccc(S(=O)(=O)NC(C)CC)cc1. The minimum atomic E-state index is -3.58. The summed E-state index contributed by atoms with van der Waals surface area (Å²) in [6.45, 7) is 5.63. The molecular formula is C17H25N3O5S2. The van der Waals surface area contributed by atoms with Crippen LogP contribution in [0, 0.1) is 0 Å². The first kappa shape index (κ1) is 23.0. The van der Waals surface area contributed by atoms with Crippen LogP contribution in [0.2, 0.25) is 0 Å². The van der Waals surface area contributed by atoms with E-state index in [4.69, 9.17) is 17.0 Å². The van der Waals surface area contributed by atoms with Crippen LogP contribution in [0.15, 0.2) is 29.2 Å². The number of benzene rings is 1. The van der Waals surface area contributed by atoms with E-state index in [0.29, 0.717) is 12.1 Å². The molecule has 27 heavy (non-hydrogen) atoms. The number of carbonyl (C=O) groups excluding carboxylic acids is 2. The van der Waals surface area contributed by atoms with Crippen LogP contribution in [-0.4, -0.2) is 38.1 Å². The van der Waals surface area contributed by atoms with E-state index in [0.717, 1.165) is 0 Å². The minimum Gasteiger partial charge on any atom is -0.466 e. The smallest absolute Gasteiger partial charge is 0.306 e. The molecule has 0 heterocycles. The van der Waals surface area contributed by atoms with Gasteiger partial charge < -0.3 is 15.4 Å². The van der Waals surface area contributed by atoms with E-state index in [-0.39, 0.29) is 35.5 Å². The summed E-state index contributed by atoms with van der Waals surface area (Å²) in [5.74, 6) is -0.869. The van der Waals surface area contributed by atoms with Crippen molar-refractivity contribution in [3.05, 3.63) is 24.3 Å². The van der Waals surface area contributed by atoms with Crippen LogP contribution in [0.25, 0.3) is 0 Å². The lowest BCUT2D eigenvalue weighted by Crippen LogP contribution is -2.34. The monoisotopic (exact) mass is 415 g/mol. The second-order valence-corrected chi connectivity index (χ2v) is 7.88. The van der Waals surface area contributed by atoms with Gasteiger partial charge in [-0.15, -0.1) is 0 Å². The fraction of sp³-hybridized carbons (Fsp3) is 0.471. The third kappa shape index (κ3) is 8.46. The van der Waals surface area contributed by atoms with Crippen LogP contribution >= 0.6 is 12.2 Å². The lowest BCUT2D eigenvalue weighted by molar-refractivity contribution is -0.144. The molecule has 1 rings (SSSR count). The standard InChI is InChI=1S/C17H25N3O5S2/c1-4-12(3)20-27(23,24)14-8-6-13(7-9-14)18-17(26)19-15(21)10-11-16(22)25-5-2/h6-9,12,20H,4-5,10-11H2,1-3H3,(H2,18,19,21,26). The molecule has 3 N–H and O–H groups in total. The molecule has 0 saturated carbocycles. The van der Waals surface area contributed by atoms with Gasteiger partial charge in [0.05, 0.1) is 17.9 Å². The van der Waals surface area contributed by atoms with Crippen LogP contribution in [0.4, 0.5) is 5.69 Å². The third-order valence-electron chi connectivity index (χ3n) is 3.51. The molecule has 0 spiro atoms. The Morgan fingerprint density at radius 2 is 1.78 bits per heavy atom. The molecule has 0 bridgehead atoms. The molecule has 1 aromatic rings. The summed E-state index contributed by atoms with van der Waals surface area (Å²) in [6.07, 6.45) is 0.611. The summed E-state index contributed by atoms with van der Waals surface area (Å²) in [5, 5.41) is 5.28. The Labute approximate surface area is 165 Å². The van der Waals surface area contributed by atoms with E-state index in [1.165, 1.54) is 12.1 Å². The Morgan fingerprint density at radius 1 is 1.15 bits per heavy atom. The maximum Gasteiger partial charge on any atom is 0.306 e. The first-order valence-electron chi connectivity index (χ1n) is 8.56. The molecule has 1 amide bonds. The number of hydrogen-bond donors (Lipinski definition) is 3. The van der Waals surface area contributed by atoms with Crippen molar-refractivity contribution < 1.29 is 22.7 Å². The number of esters is 1. The first-order chi connectivity index (χ1) is 12.7. The van der Waals surface area contributed by atoms with Gasteiger partial charge in [-0.05, 0) is 56.8 Å². The lowest BCUT2D eigenvalue weighted by atomic mass is 10.3. The van der Waals surface area contributed by atoms with Crippen molar-refractivity contribution in [2.45, 2.75) is 51.0 Å². The van der Waals surface area contributed by atoms with Crippen molar-refractivity contribution in [3.63, 3.8) is 0 Å². The molecule has 8 nitrogen and oxygen atoms in total. The van der Waals surface area contributed by atoms with Gasteiger partial charge >= 0.3 is 5.97 Å². The Kier molecular flexibility index (Phi) is 9.33. The van der Waals surface area contributed by atoms with E-state index >= 15 is 0 Å². The molecule has 1 atom stereocenters. The summed E-state index contributed by atoms with van der Waals surface area (Å²) in [7, 11) is -3.58. The van der Waals surface area contributed by atoms with Crippen LogP contribution in [0.1, 0.15) is 40.0 Å². The molecule has 150 valence electrons. The Balaban J connectivity index is 2.56. The van der Waals surface area contributed by atoms with Crippen molar-refractivity contribution in [1.82, 2.24) is 10.0 Å². The van der Waals surface area contributed by atoms with E-state index in [2.05, 4.69) is 15.4 Å². The number of carbonyl (C=O) groups is 2. The zero-order valence-electron chi connectivity index (χ0n) is 15.6. The number of nitrogens with one attached hydrogen (secondary N) is 3. The number of ether oxygens (including phenoxy) is 1. The first-order valence-corrected chi connectivity index (χ1v) is 10.5. The van der Waals surface area contributed by atoms with Gasteiger partial charge in [0.15, 0.2) is 5.11 Å². The predicted molar refractivity (Wildman–Crippen MR) is 107 cm³/mol. The summed E-state index contributed by atoms with van der Waals surface area (Å²) in [6, 6.07) is 5.81. The van der Waals surface area contributed by atoms with Gasteiger partial charge in [0.1, 0.15) is 0 Å². The Hall–Kier alpha value is -2.04. The van der Waals surface area contributed by atoms with E-state index in [1.54, 1.807) is 26.0 Å². The van der Waals surface area contributed by atoms with Gasteiger partial charge in [0.2, 0.25) is 15.9 Å². The fourth-order valence-corrected chi connectivity index (χ4v) is 3.49. The topological polar surface area (TPSA) is 114 Å². The van der Waals surface area contributed by atoms with Crippen LogP contribution < -0.4 is 15.4 Å². The molecule has 0 fully saturated rings. The average Bonchev–Trinajstić information content (AvgIpc) is 2.60. The van der Waals surface area contributed by atoms with Crippen molar-refractivity contribution in [1.29, 1.82) is 0 Å². The van der Waals surface area contributed by atoms with Crippen LogP contribution in [0.3, 0.4) is 0 Å². The van der Waals surface area contributed by atoms with Gasteiger partial charge in [-0.3, -0.25) is 9.59 Å². The van der Waals surface area contributed by atoms with E-state index in [1.807, 2.05) is 6.92 Å². The quantitative estimate of drug-likeness (QED) is 0.417. The predicted octanol–water partition coefficient (Wildman–Crippen LogP) is 1.92. The normalized spacial score (nSPS) is 12.1. The molecule has 0 aromatic heterocycles. The molecule has 0 aliphatic heterocycles. The Morgan fingerprint density at radius 3 is 2.33 bits per heavy atom. The number of thiocarbonyl (C=S) groups is 1. The maximum absolute atomic E-state index is 12.2. The number of rotatable bonds is 9. The lowest BCUT2D eigenvalue weighted by Gasteiger charge is -2.13. The average molecular weight is 416 g/mol. The molecule has 0 radical (unpaired) electrons. The zero-order chi connectivity index (χ0) is 20.4. The highest BCUT2D eigenvalue weighted by atomic mass is 32.2. The third-order valence-corrected chi connectivity index (χ3v) is 5.32. The second kappa shape index (κ2) is 11.0. The number of anilines is 1. The zero-order valence-corrected chi connectivity index (χ0v) is 17.2. The van der Waals surface area contributed by atoms with Crippen molar-refractivity contribution in [2.75, 3.05) is 11.9 Å². The molecule has 1 aromatic carbocycles. The summed E-state index contributed by atoms with van der Waals surface area (Å²) >= 11 is 5.03. The van der Waals surface area contributed by atoms with Gasteiger partial charge in [-0.2, -0.15) is 0 Å². The van der Waals surface area contributed by atoms with Crippen molar-refractivity contribution in [3.8, 4) is 0 Å². The van der Waals surface area contributed by atoms with Gasteiger partial charge in [0.25, 0.3) is 0 Å². The Bertz CT molecular complexity index is 763. The number of amides is 1. The second-order valence-electron chi connectivity index (χ2n) is 5.76. The van der Waals surface area contributed by atoms with Gasteiger partial charge in [-0.1, -0.05) is 6.92 Å². The summed E-state index contributed by atoms with van der Waals surface area (Å²) in [5.41, 5.74) is 0.521. The molecule has 10 heteroatoms. The van der Waals surface area contributed by atoms with Gasteiger partial charge in [0, 0.05) is 18.2 Å². The highest BCUT2D eigenvalue weighted by molar-refractivity contribution is 7.89. The molecule has 0 aliphatic carbocycles. The maximum atomic E-state index is 12.2. The van der Waals surface area contributed by atoms with E-state index in [9.17, 15) is 18.0 Å². The molecular weight excluding hydrogens is 390 g/mol. The van der Waals surface area contributed by atoms with Crippen LogP contribution in [-0.2, 0) is 24.3 Å². The van der Waals surface area contributed by atoms with Gasteiger partial charge in [-0.25, -0.2) is 13.1 Å². The molecule has 0 saturated heterocycles. The molecule has 0 aliphatic rings. The van der Waals surface area contributed by atoms with E-state index < -0.39 is 21.9 Å². The van der Waals surface area contributed by atoms with Crippen molar-refractivity contribution in [2.24, 2.45) is 0 Å². The summed E-state index contributed by atoms with van der Waals surface area (Å²) in [4.78, 5) is 23.1. The highest BCUT2D eigenvalue weighted by Crippen LogP contribution is 2.14. The summed E-state index contributed by atoms with van der Waals surface area (Å²) < 4.78 is 31.7. The van der Waals surface area contributed by atoms with Crippen molar-refractivity contribution >= 4 is 44.9 Å². The van der Waals surface area contributed by atoms with Crippen LogP contribution in [0.5, 0.6) is 0 Å². The number of hydrogen-bond acceptors (Lipinski definition) is 6. The number of sulfonamides is 1. The fourth-order valence-electron chi connectivity index (χ4n) is 1.93.